The molecule has 1 rings (SSSR count). The molecule has 2 heteroatoms. The van der Waals surface area contributed by atoms with E-state index < -0.39 is 0 Å². The summed E-state index contributed by atoms with van der Waals surface area (Å²) < 4.78 is 0.629. The van der Waals surface area contributed by atoms with Gasteiger partial charge < -0.3 is 4.90 Å². The van der Waals surface area contributed by atoms with Gasteiger partial charge in [0.15, 0.2) is 0 Å². The lowest BCUT2D eigenvalue weighted by atomic mass is 9.95. The highest BCUT2D eigenvalue weighted by molar-refractivity contribution is 14.1. The molecule has 0 bridgehead atoms. The van der Waals surface area contributed by atoms with Gasteiger partial charge in [-0.2, -0.15) is 0 Å². The summed E-state index contributed by atoms with van der Waals surface area (Å²) in [6.45, 7) is 4.88. The van der Waals surface area contributed by atoms with Crippen LogP contribution in [0.4, 0.5) is 0 Å². The molecule has 1 saturated heterocycles. The first kappa shape index (κ1) is 8.78. The van der Waals surface area contributed by atoms with Gasteiger partial charge >= 0.3 is 0 Å². The number of rotatable bonds is 1. The Kier molecular flexibility index (Phi) is 2.98. The second-order valence-corrected chi connectivity index (χ2v) is 5.60. The fraction of sp³-hybridized carbons (Fsp3) is 1.00. The highest BCUT2D eigenvalue weighted by Crippen LogP contribution is 2.34. The average Bonchev–Trinajstić information content (AvgIpc) is 1.96. The third kappa shape index (κ3) is 2.09. The summed E-state index contributed by atoms with van der Waals surface area (Å²) in [6.07, 6.45) is 4.09. The van der Waals surface area contributed by atoms with Gasteiger partial charge in [-0.3, -0.25) is 0 Å². The molecule has 1 aliphatic heterocycles. The first-order valence-corrected chi connectivity index (χ1v) is 5.12. The summed E-state index contributed by atoms with van der Waals surface area (Å²) in [4.78, 5) is 2.42. The van der Waals surface area contributed by atoms with Crippen molar-refractivity contribution in [2.24, 2.45) is 0 Å². The summed E-state index contributed by atoms with van der Waals surface area (Å²) in [5.41, 5.74) is 0. The van der Waals surface area contributed by atoms with Crippen molar-refractivity contribution in [1.82, 2.24) is 4.90 Å². The SMILES string of the molecule is CCC1(I)CCN(C)CC1. The minimum Gasteiger partial charge on any atom is -0.306 e. The predicted octanol–water partition coefficient (Wildman–Crippen LogP) is 2.30. The van der Waals surface area contributed by atoms with Crippen LogP contribution in [-0.4, -0.2) is 28.5 Å². The van der Waals surface area contributed by atoms with E-state index in [1.807, 2.05) is 0 Å². The summed E-state index contributed by atoms with van der Waals surface area (Å²) >= 11 is 2.64. The molecule has 1 fully saturated rings. The normalized spacial score (nSPS) is 26.7. The van der Waals surface area contributed by atoms with E-state index >= 15 is 0 Å². The van der Waals surface area contributed by atoms with Crippen molar-refractivity contribution < 1.29 is 0 Å². The lowest BCUT2D eigenvalue weighted by Gasteiger charge is -2.35. The van der Waals surface area contributed by atoms with Crippen molar-refractivity contribution in [2.75, 3.05) is 20.1 Å². The molecule has 0 aromatic heterocycles. The third-order valence-electron chi connectivity index (χ3n) is 2.52. The van der Waals surface area contributed by atoms with Crippen LogP contribution >= 0.6 is 22.6 Å². The quantitative estimate of drug-likeness (QED) is 0.512. The Labute approximate surface area is 77.3 Å². The molecule has 0 amide bonds. The van der Waals surface area contributed by atoms with Crippen molar-refractivity contribution >= 4 is 22.6 Å². The Morgan fingerprint density at radius 1 is 1.40 bits per heavy atom. The van der Waals surface area contributed by atoms with Gasteiger partial charge in [-0.05, 0) is 39.4 Å². The second-order valence-electron chi connectivity index (χ2n) is 3.31. The molecule has 0 spiro atoms. The van der Waals surface area contributed by atoms with Crippen LogP contribution in [-0.2, 0) is 0 Å². The maximum atomic E-state index is 2.64. The van der Waals surface area contributed by atoms with Gasteiger partial charge in [-0.25, -0.2) is 0 Å². The molecule has 0 saturated carbocycles. The van der Waals surface area contributed by atoms with Gasteiger partial charge in [0.25, 0.3) is 0 Å². The molecule has 60 valence electrons. The smallest absolute Gasteiger partial charge is 0.0244 e. The summed E-state index contributed by atoms with van der Waals surface area (Å²) in [5.74, 6) is 0. The van der Waals surface area contributed by atoms with Gasteiger partial charge in [-0.15, -0.1) is 0 Å². The zero-order chi connectivity index (χ0) is 7.61. The standard InChI is InChI=1S/C8H16IN/c1-3-8(9)4-6-10(2)7-5-8/h3-7H2,1-2H3. The maximum absolute atomic E-state index is 2.64. The van der Waals surface area contributed by atoms with E-state index in [1.165, 1.54) is 32.4 Å². The average molecular weight is 253 g/mol. The highest BCUT2D eigenvalue weighted by atomic mass is 127. The van der Waals surface area contributed by atoms with E-state index in [0.29, 0.717) is 3.42 Å². The monoisotopic (exact) mass is 253 g/mol. The molecule has 10 heavy (non-hydrogen) atoms. The summed E-state index contributed by atoms with van der Waals surface area (Å²) in [7, 11) is 2.21. The fourth-order valence-corrected chi connectivity index (χ4v) is 1.86. The van der Waals surface area contributed by atoms with E-state index in [4.69, 9.17) is 0 Å². The van der Waals surface area contributed by atoms with Gasteiger partial charge in [0.1, 0.15) is 0 Å². The molecule has 1 nitrogen and oxygen atoms in total. The van der Waals surface area contributed by atoms with Gasteiger partial charge in [0, 0.05) is 3.42 Å². The third-order valence-corrected chi connectivity index (χ3v) is 4.36. The van der Waals surface area contributed by atoms with Crippen LogP contribution in [0.5, 0.6) is 0 Å². The van der Waals surface area contributed by atoms with E-state index in [-0.39, 0.29) is 0 Å². The molecule has 0 radical (unpaired) electrons. The molecular weight excluding hydrogens is 237 g/mol. The number of halogens is 1. The van der Waals surface area contributed by atoms with Crippen molar-refractivity contribution in [2.45, 2.75) is 29.6 Å². The zero-order valence-electron chi connectivity index (χ0n) is 6.86. The van der Waals surface area contributed by atoms with Crippen LogP contribution in [0.1, 0.15) is 26.2 Å². The van der Waals surface area contributed by atoms with E-state index in [0.717, 1.165) is 0 Å². The zero-order valence-corrected chi connectivity index (χ0v) is 9.02. The largest absolute Gasteiger partial charge is 0.306 e. The Hall–Kier alpha value is 0.690. The number of hydrogen-bond donors (Lipinski definition) is 0. The van der Waals surface area contributed by atoms with Crippen LogP contribution in [0.2, 0.25) is 0 Å². The van der Waals surface area contributed by atoms with Crippen LogP contribution in [0.3, 0.4) is 0 Å². The van der Waals surface area contributed by atoms with Crippen molar-refractivity contribution in [3.05, 3.63) is 0 Å². The predicted molar refractivity (Wildman–Crippen MR) is 53.8 cm³/mol. The molecule has 0 aromatic carbocycles. The van der Waals surface area contributed by atoms with Crippen LogP contribution in [0.15, 0.2) is 0 Å². The molecular formula is C8H16IN. The highest BCUT2D eigenvalue weighted by Gasteiger charge is 2.28. The van der Waals surface area contributed by atoms with Gasteiger partial charge in [0.05, 0.1) is 0 Å². The molecule has 0 aromatic rings. The minimum atomic E-state index is 0.629. The second kappa shape index (κ2) is 3.39. The summed E-state index contributed by atoms with van der Waals surface area (Å²) in [6, 6.07) is 0. The molecule has 1 heterocycles. The van der Waals surface area contributed by atoms with E-state index in [2.05, 4.69) is 41.5 Å². The fourth-order valence-electron chi connectivity index (χ4n) is 1.37. The van der Waals surface area contributed by atoms with Crippen LogP contribution in [0.25, 0.3) is 0 Å². The topological polar surface area (TPSA) is 3.24 Å². The lowest BCUT2D eigenvalue weighted by molar-refractivity contribution is 0.244. The number of hydrogen-bond acceptors (Lipinski definition) is 1. The first-order valence-electron chi connectivity index (χ1n) is 4.04. The van der Waals surface area contributed by atoms with Crippen LogP contribution in [0, 0.1) is 0 Å². The number of likely N-dealkylation sites (tertiary alicyclic amines) is 1. The van der Waals surface area contributed by atoms with E-state index in [9.17, 15) is 0 Å². The Morgan fingerprint density at radius 3 is 2.30 bits per heavy atom. The van der Waals surface area contributed by atoms with Crippen molar-refractivity contribution in [1.29, 1.82) is 0 Å². The van der Waals surface area contributed by atoms with Crippen molar-refractivity contribution in [3.63, 3.8) is 0 Å². The van der Waals surface area contributed by atoms with Gasteiger partial charge in [-0.1, -0.05) is 29.5 Å². The maximum Gasteiger partial charge on any atom is 0.0244 e. The van der Waals surface area contributed by atoms with Gasteiger partial charge in [0.2, 0.25) is 0 Å². The molecule has 0 atom stereocenters. The number of piperidine rings is 1. The minimum absolute atomic E-state index is 0.629. The Morgan fingerprint density at radius 2 is 1.90 bits per heavy atom. The van der Waals surface area contributed by atoms with E-state index in [1.54, 1.807) is 0 Å². The Bertz CT molecular complexity index is 106. The lowest BCUT2D eigenvalue weighted by Crippen LogP contribution is -2.38. The Balaban J connectivity index is 2.38. The number of alkyl halides is 1. The van der Waals surface area contributed by atoms with Crippen LogP contribution < -0.4 is 0 Å². The first-order chi connectivity index (χ1) is 4.66. The molecule has 0 unspecified atom stereocenters. The molecule has 1 aliphatic rings. The molecule has 0 aliphatic carbocycles. The summed E-state index contributed by atoms with van der Waals surface area (Å²) in [5, 5.41) is 0. The number of nitrogens with zero attached hydrogens (tertiary/aromatic N) is 1. The molecule has 0 N–H and O–H groups in total. The van der Waals surface area contributed by atoms with Crippen molar-refractivity contribution in [3.8, 4) is 0 Å².